The molecule has 8 nitrogen and oxygen atoms in total. The van der Waals surface area contributed by atoms with Crippen molar-refractivity contribution >= 4 is 35.0 Å². The van der Waals surface area contributed by atoms with E-state index >= 15 is 0 Å². The summed E-state index contributed by atoms with van der Waals surface area (Å²) in [6.07, 6.45) is -3.45. The number of likely N-dealkylation sites (tertiary alicyclic amines) is 1. The zero-order valence-corrected chi connectivity index (χ0v) is 21.2. The van der Waals surface area contributed by atoms with Crippen LogP contribution in [0, 0.1) is 6.92 Å². The van der Waals surface area contributed by atoms with Crippen LogP contribution in [0.1, 0.15) is 45.4 Å². The smallest absolute Gasteiger partial charge is 0.323 e. The number of benzene rings is 2. The molecule has 1 saturated heterocycles. The molecule has 4 aromatic rings. The molecule has 3 N–H and O–H groups in total. The molecule has 0 spiro atoms. The molecule has 2 aromatic heterocycles. The molecule has 0 bridgehead atoms. The number of hydrogen-bond donors (Lipinski definition) is 3. The van der Waals surface area contributed by atoms with Crippen molar-refractivity contribution < 1.29 is 22.2 Å². The highest BCUT2D eigenvalue weighted by Gasteiger charge is 2.34. The molecule has 2 aromatic carbocycles. The van der Waals surface area contributed by atoms with Gasteiger partial charge < -0.3 is 10.6 Å². The molecular formula is C27H34F3N7OS. The number of nitrogens with zero attached hydrogens (tertiary/aromatic N) is 4. The van der Waals surface area contributed by atoms with Crippen LogP contribution in [0.3, 0.4) is 0 Å². The molecule has 12 heteroatoms. The van der Waals surface area contributed by atoms with Crippen molar-refractivity contribution in [2.45, 2.75) is 43.5 Å². The number of carbonyl (C=O) groups excluding carboxylic acids is 1. The molecule has 1 aliphatic heterocycles. The van der Waals surface area contributed by atoms with Gasteiger partial charge in [0.2, 0.25) is 0 Å². The Balaban J connectivity index is 0.00000220. The third kappa shape index (κ3) is 7.15. The highest BCUT2D eigenvalue weighted by atomic mass is 32.2. The maximum absolute atomic E-state index is 13.3. The molecule has 1 amide bonds. The third-order valence-corrected chi connectivity index (χ3v) is 6.73. The Morgan fingerprint density at radius 2 is 1.82 bits per heavy atom. The Bertz CT molecular complexity index is 1450. The van der Waals surface area contributed by atoms with Crippen LogP contribution in [0.4, 0.5) is 30.5 Å². The number of hydrogen-bond acceptors (Lipinski definition) is 7. The Labute approximate surface area is 232 Å². The van der Waals surface area contributed by atoms with Crippen molar-refractivity contribution in [2.24, 2.45) is 0 Å². The summed E-state index contributed by atoms with van der Waals surface area (Å²) in [6.45, 7) is 4.70. The second-order valence-electron chi connectivity index (χ2n) is 8.84. The standard InChI is InChI=1S/C26H24F3N7OS.CH4.3H2/c1-16-13-23(35-34-16)32-22-14-18(15-36-11-4-12-36)31-25(33-22)38-19-9-7-17(8-10-19)30-24(37)20-5-2-3-6-21(20)26(27,28)29;;;;/h2-3,5-10,13-14H,4,11-12,15H2,1H3,(H,30,37)(H2,31,32,33,34,35);1H4;3*1H. The van der Waals surface area contributed by atoms with Gasteiger partial charge in [0.25, 0.3) is 5.91 Å². The van der Waals surface area contributed by atoms with Crippen LogP contribution in [0.2, 0.25) is 0 Å². The first kappa shape index (κ1) is 28.1. The van der Waals surface area contributed by atoms with Gasteiger partial charge in [0.05, 0.1) is 16.8 Å². The number of aryl methyl sites for hydroxylation is 1. The number of amides is 1. The number of halogens is 3. The summed E-state index contributed by atoms with van der Waals surface area (Å²) in [5.74, 6) is 0.445. The first-order chi connectivity index (χ1) is 18.2. The minimum Gasteiger partial charge on any atom is -0.323 e. The Hall–Kier alpha value is -3.90. The quantitative estimate of drug-likeness (QED) is 0.195. The molecule has 0 saturated carbocycles. The van der Waals surface area contributed by atoms with Crippen LogP contribution < -0.4 is 10.6 Å². The normalized spacial score (nSPS) is 13.3. The minimum atomic E-state index is -4.62. The number of H-pyrrole nitrogens is 1. The van der Waals surface area contributed by atoms with Gasteiger partial charge in [-0.15, -0.1) is 0 Å². The van der Waals surface area contributed by atoms with Gasteiger partial charge in [-0.3, -0.25) is 14.8 Å². The lowest BCUT2D eigenvalue weighted by molar-refractivity contribution is -0.137. The number of aromatic amines is 1. The molecule has 39 heavy (non-hydrogen) atoms. The summed E-state index contributed by atoms with van der Waals surface area (Å²) in [7, 11) is 0. The summed E-state index contributed by atoms with van der Waals surface area (Å²) >= 11 is 1.34. The zero-order valence-electron chi connectivity index (χ0n) is 20.3. The molecule has 0 aliphatic carbocycles. The van der Waals surface area contributed by atoms with E-state index in [0.717, 1.165) is 41.5 Å². The highest BCUT2D eigenvalue weighted by molar-refractivity contribution is 7.99. The predicted octanol–water partition coefficient (Wildman–Crippen LogP) is 7.25. The Kier molecular flexibility index (Phi) is 8.56. The summed E-state index contributed by atoms with van der Waals surface area (Å²) < 4.78 is 39.8. The van der Waals surface area contributed by atoms with Gasteiger partial charge >= 0.3 is 6.18 Å². The van der Waals surface area contributed by atoms with E-state index in [4.69, 9.17) is 4.98 Å². The Morgan fingerprint density at radius 1 is 1.08 bits per heavy atom. The van der Waals surface area contributed by atoms with E-state index in [-0.39, 0.29) is 11.7 Å². The Morgan fingerprint density at radius 3 is 2.46 bits per heavy atom. The molecule has 1 aliphatic rings. The molecule has 210 valence electrons. The lowest BCUT2D eigenvalue weighted by Crippen LogP contribution is -2.36. The molecule has 0 unspecified atom stereocenters. The van der Waals surface area contributed by atoms with Crippen molar-refractivity contribution in [3.63, 3.8) is 0 Å². The van der Waals surface area contributed by atoms with E-state index in [0.29, 0.717) is 29.0 Å². The second kappa shape index (κ2) is 11.9. The van der Waals surface area contributed by atoms with Crippen molar-refractivity contribution in [1.29, 1.82) is 0 Å². The molecular weight excluding hydrogens is 527 g/mol. The van der Waals surface area contributed by atoms with E-state index < -0.39 is 23.2 Å². The van der Waals surface area contributed by atoms with Gasteiger partial charge in [0, 0.05) is 39.2 Å². The van der Waals surface area contributed by atoms with E-state index in [1.54, 1.807) is 24.3 Å². The van der Waals surface area contributed by atoms with Crippen LogP contribution in [-0.2, 0) is 12.7 Å². The average Bonchev–Trinajstić information content (AvgIpc) is 3.26. The summed E-state index contributed by atoms with van der Waals surface area (Å²) in [5.41, 5.74) is 0.766. The van der Waals surface area contributed by atoms with Gasteiger partial charge in [-0.1, -0.05) is 19.6 Å². The van der Waals surface area contributed by atoms with E-state index in [9.17, 15) is 18.0 Å². The van der Waals surface area contributed by atoms with Gasteiger partial charge in [-0.05, 0) is 74.6 Å². The SMILES string of the molecule is C.Cc1cc(Nc2cc(CN3CCC3)nc(Sc3ccc(NC(=O)c4ccccc4C(F)(F)F)cc3)n2)n[nH]1.[HH].[HH].[HH]. The van der Waals surface area contributed by atoms with Crippen LogP contribution in [-0.4, -0.2) is 44.1 Å². The van der Waals surface area contributed by atoms with Crippen molar-refractivity contribution in [1.82, 2.24) is 25.1 Å². The monoisotopic (exact) mass is 561 g/mol. The number of carbonyl (C=O) groups is 1. The maximum atomic E-state index is 13.3. The number of aromatic nitrogens is 4. The first-order valence-electron chi connectivity index (χ1n) is 11.9. The average molecular weight is 562 g/mol. The molecule has 3 heterocycles. The lowest BCUT2D eigenvalue weighted by atomic mass is 10.1. The minimum absolute atomic E-state index is 0. The predicted molar refractivity (Wildman–Crippen MR) is 152 cm³/mol. The summed E-state index contributed by atoms with van der Waals surface area (Å²) in [6, 6.07) is 15.3. The van der Waals surface area contributed by atoms with Gasteiger partial charge in [0.15, 0.2) is 11.0 Å². The second-order valence-corrected chi connectivity index (χ2v) is 9.88. The summed E-state index contributed by atoms with van der Waals surface area (Å²) in [5, 5.41) is 13.4. The van der Waals surface area contributed by atoms with Gasteiger partial charge in [-0.25, -0.2) is 9.97 Å². The topological polar surface area (TPSA) is 98.8 Å². The van der Waals surface area contributed by atoms with Crippen LogP contribution >= 0.6 is 11.8 Å². The fourth-order valence-corrected chi connectivity index (χ4v) is 4.67. The summed E-state index contributed by atoms with van der Waals surface area (Å²) in [4.78, 5) is 25.0. The third-order valence-electron chi connectivity index (χ3n) is 5.85. The number of alkyl halides is 3. The number of rotatable bonds is 8. The largest absolute Gasteiger partial charge is 0.417 e. The number of anilines is 3. The fraction of sp³-hybridized carbons (Fsp3) is 0.259. The zero-order chi connectivity index (χ0) is 26.7. The van der Waals surface area contributed by atoms with Crippen molar-refractivity contribution in [3.8, 4) is 0 Å². The number of nitrogens with one attached hydrogen (secondary N) is 3. The van der Waals surface area contributed by atoms with Crippen molar-refractivity contribution in [2.75, 3.05) is 23.7 Å². The fourth-order valence-electron chi connectivity index (χ4n) is 3.88. The molecule has 0 radical (unpaired) electrons. The van der Waals surface area contributed by atoms with E-state index in [2.05, 4.69) is 30.7 Å². The molecule has 5 rings (SSSR count). The van der Waals surface area contributed by atoms with Crippen molar-refractivity contribution in [3.05, 3.63) is 83.2 Å². The van der Waals surface area contributed by atoms with E-state index in [1.165, 1.54) is 30.3 Å². The van der Waals surface area contributed by atoms with Gasteiger partial charge in [-0.2, -0.15) is 18.3 Å². The van der Waals surface area contributed by atoms with Crippen LogP contribution in [0.5, 0.6) is 0 Å². The van der Waals surface area contributed by atoms with E-state index in [1.807, 2.05) is 19.1 Å². The van der Waals surface area contributed by atoms with Crippen LogP contribution in [0.15, 0.2) is 70.7 Å². The molecule has 1 fully saturated rings. The lowest BCUT2D eigenvalue weighted by Gasteiger charge is -2.30. The maximum Gasteiger partial charge on any atom is 0.417 e. The van der Waals surface area contributed by atoms with Gasteiger partial charge in [0.1, 0.15) is 5.82 Å². The van der Waals surface area contributed by atoms with Crippen LogP contribution in [0.25, 0.3) is 0 Å². The highest BCUT2D eigenvalue weighted by Crippen LogP contribution is 2.33. The first-order valence-corrected chi connectivity index (χ1v) is 12.7. The molecule has 0 atom stereocenters.